The van der Waals surface area contributed by atoms with Crippen molar-refractivity contribution >= 4 is 22.1 Å². The maximum atomic E-state index is 4.08. The molecule has 6 heavy (non-hydrogen) atoms. The summed E-state index contributed by atoms with van der Waals surface area (Å²) in [6.45, 7) is 4.42. The molecule has 0 aliphatic carbocycles. The van der Waals surface area contributed by atoms with E-state index in [1.807, 2.05) is 0 Å². The quantitative estimate of drug-likeness (QED) is 0.404. The van der Waals surface area contributed by atoms with Crippen LogP contribution >= 0.6 is 0 Å². The van der Waals surface area contributed by atoms with Gasteiger partial charge in [0.1, 0.15) is 0 Å². The normalized spacial score (nSPS) is 4.00. The van der Waals surface area contributed by atoms with Crippen molar-refractivity contribution in [3.8, 4) is 0 Å². The first-order valence-electron chi connectivity index (χ1n) is 1.56. The van der Waals surface area contributed by atoms with Gasteiger partial charge < -0.3 is 12.6 Å². The van der Waals surface area contributed by atoms with Crippen LogP contribution in [0, 0.1) is 0 Å². The molecule has 0 aromatic carbocycles. The summed E-state index contributed by atoms with van der Waals surface area (Å²) in [5.41, 5.74) is 0. The monoisotopic (exact) mass is 195 g/mol. The van der Waals surface area contributed by atoms with Gasteiger partial charge in [0.15, 0.2) is 0 Å². The Hall–Kier alpha value is 1.67. The fourth-order valence-corrected chi connectivity index (χ4v) is 0. The van der Waals surface area contributed by atoms with Gasteiger partial charge in [0.25, 0.3) is 0 Å². The molecule has 0 atom stereocenters. The standard InChI is InChI=1S/C2H7Si.CH4S.Y/c1-3-2;1-2;/h3H,1-2H3;2H,1H3;/p-1. The minimum atomic E-state index is 0. The molecule has 0 rings (SSSR count). The van der Waals surface area contributed by atoms with Gasteiger partial charge >= 0.3 is 0 Å². The molecule has 0 saturated heterocycles. The molecular weight excluding hydrogens is 185 g/mol. The molecule has 0 aromatic rings. The van der Waals surface area contributed by atoms with Gasteiger partial charge in [0.2, 0.25) is 0 Å². The Kier molecular flexibility index (Phi) is 78.4. The van der Waals surface area contributed by atoms with Crippen molar-refractivity contribution in [2.24, 2.45) is 0 Å². The number of hydrogen-bond acceptors (Lipinski definition) is 1. The molecule has 0 spiro atoms. The van der Waals surface area contributed by atoms with Crippen LogP contribution in [0.15, 0.2) is 0 Å². The molecule has 0 amide bonds. The summed E-state index contributed by atoms with van der Waals surface area (Å²) >= 11 is 4.08. The van der Waals surface area contributed by atoms with Gasteiger partial charge in [-0.15, -0.1) is 0 Å². The van der Waals surface area contributed by atoms with Gasteiger partial charge in [0, 0.05) is 42.2 Å². The summed E-state index contributed by atoms with van der Waals surface area (Å²) < 4.78 is 0. The van der Waals surface area contributed by atoms with Crippen LogP contribution in [0.25, 0.3) is 0 Å². The molecule has 0 aliphatic rings. The summed E-state index contributed by atoms with van der Waals surface area (Å²) in [5.74, 6) is 0. The SMILES string of the molecule is C[S-].C[SiH]C.[Y]. The fourth-order valence-electron chi connectivity index (χ4n) is 0. The molecule has 0 heterocycles. The van der Waals surface area contributed by atoms with Crippen molar-refractivity contribution in [1.82, 2.24) is 0 Å². The van der Waals surface area contributed by atoms with Crippen LogP contribution in [0.4, 0.5) is 0 Å². The van der Waals surface area contributed by atoms with E-state index in [0.717, 1.165) is 9.52 Å². The average Bonchev–Trinajstić information content (AvgIpc) is 1.46. The molecule has 0 unspecified atom stereocenters. The minimum Gasteiger partial charge on any atom is -0.796 e. The van der Waals surface area contributed by atoms with Gasteiger partial charge in [-0.1, -0.05) is 13.1 Å². The molecule has 36 valence electrons. The molecular formula is C3H10SSiY-. The van der Waals surface area contributed by atoms with Gasteiger partial charge in [-0.25, -0.2) is 0 Å². The van der Waals surface area contributed by atoms with E-state index in [9.17, 15) is 0 Å². The van der Waals surface area contributed by atoms with E-state index in [2.05, 4.69) is 25.7 Å². The van der Waals surface area contributed by atoms with E-state index in [4.69, 9.17) is 0 Å². The summed E-state index contributed by atoms with van der Waals surface area (Å²) in [7, 11) is 0.750. The third-order valence-corrected chi connectivity index (χ3v) is 0. The minimum absolute atomic E-state index is 0. The second-order valence-corrected chi connectivity index (χ2v) is 1.73. The predicted octanol–water partition coefficient (Wildman–Crippen LogP) is 0.680. The fraction of sp³-hybridized carbons (Fsp3) is 1.00. The second-order valence-electron chi connectivity index (χ2n) is 0.577. The van der Waals surface area contributed by atoms with Crippen LogP contribution in [-0.4, -0.2) is 15.8 Å². The van der Waals surface area contributed by atoms with Gasteiger partial charge in [-0.2, -0.15) is 6.26 Å². The second kappa shape index (κ2) is 30.1. The zero-order valence-electron chi connectivity index (χ0n) is 4.56. The number of rotatable bonds is 0. The van der Waals surface area contributed by atoms with E-state index in [0.29, 0.717) is 0 Å². The first-order valence-corrected chi connectivity index (χ1v) is 4.69. The summed E-state index contributed by atoms with van der Waals surface area (Å²) in [6, 6.07) is 0. The Morgan fingerprint density at radius 3 is 1.17 bits per heavy atom. The van der Waals surface area contributed by atoms with Crippen LogP contribution in [0.5, 0.6) is 0 Å². The summed E-state index contributed by atoms with van der Waals surface area (Å²) in [4.78, 5) is 0. The molecule has 0 N–H and O–H groups in total. The van der Waals surface area contributed by atoms with Crippen molar-refractivity contribution in [2.45, 2.75) is 13.1 Å². The molecule has 0 saturated carbocycles. The van der Waals surface area contributed by atoms with Crippen LogP contribution < -0.4 is 0 Å². The number of hydrogen-bond donors (Lipinski definition) is 0. The first kappa shape index (κ1) is 15.6. The third-order valence-electron chi connectivity index (χ3n) is 0. The average molecular weight is 195 g/mol. The smallest absolute Gasteiger partial charge is 0.0213 e. The van der Waals surface area contributed by atoms with Crippen molar-refractivity contribution in [3.05, 3.63) is 0 Å². The molecule has 0 aromatic heterocycles. The van der Waals surface area contributed by atoms with Gasteiger partial charge in [-0.05, 0) is 0 Å². The van der Waals surface area contributed by atoms with E-state index < -0.39 is 0 Å². The molecule has 0 fully saturated rings. The van der Waals surface area contributed by atoms with E-state index in [1.54, 1.807) is 6.26 Å². The predicted molar refractivity (Wildman–Crippen MR) is 32.2 cm³/mol. The largest absolute Gasteiger partial charge is 0.796 e. The van der Waals surface area contributed by atoms with E-state index in [-0.39, 0.29) is 32.7 Å². The molecule has 2 radical (unpaired) electrons. The molecule has 0 bridgehead atoms. The molecule has 0 nitrogen and oxygen atoms in total. The first-order chi connectivity index (χ1) is 2.41. The maximum absolute atomic E-state index is 4.08. The zero-order valence-corrected chi connectivity index (χ0v) is 9.37. The molecule has 3 heteroatoms. The Labute approximate surface area is 73.6 Å². The van der Waals surface area contributed by atoms with Gasteiger partial charge in [-0.3, -0.25) is 0 Å². The van der Waals surface area contributed by atoms with Crippen molar-refractivity contribution in [3.63, 3.8) is 0 Å². The Morgan fingerprint density at radius 2 is 1.17 bits per heavy atom. The van der Waals surface area contributed by atoms with Gasteiger partial charge in [0.05, 0.1) is 0 Å². The molecule has 0 aliphatic heterocycles. The van der Waals surface area contributed by atoms with Crippen molar-refractivity contribution in [2.75, 3.05) is 6.26 Å². The topological polar surface area (TPSA) is 0 Å². The Balaban J connectivity index is -0.0000000275. The van der Waals surface area contributed by atoms with Crippen molar-refractivity contribution < 1.29 is 32.7 Å². The summed E-state index contributed by atoms with van der Waals surface area (Å²) in [6.07, 6.45) is 1.58. The van der Waals surface area contributed by atoms with Crippen LogP contribution in [0.1, 0.15) is 0 Å². The Bertz CT molecular complexity index is 10.8. The van der Waals surface area contributed by atoms with E-state index in [1.165, 1.54) is 0 Å². The van der Waals surface area contributed by atoms with Crippen molar-refractivity contribution in [1.29, 1.82) is 0 Å². The van der Waals surface area contributed by atoms with Crippen LogP contribution in [0.2, 0.25) is 13.1 Å². The van der Waals surface area contributed by atoms with Crippen LogP contribution in [-0.2, 0) is 45.3 Å². The zero-order chi connectivity index (χ0) is 4.71. The van der Waals surface area contributed by atoms with Crippen LogP contribution in [0.3, 0.4) is 0 Å². The summed E-state index contributed by atoms with van der Waals surface area (Å²) in [5, 5.41) is 0. The Morgan fingerprint density at radius 1 is 1.17 bits per heavy atom. The maximum Gasteiger partial charge on any atom is 0.0213 e. The third kappa shape index (κ3) is 44.3. The van der Waals surface area contributed by atoms with E-state index >= 15 is 0 Å².